The summed E-state index contributed by atoms with van der Waals surface area (Å²) < 4.78 is 37.9. The Hall–Kier alpha value is -0.390. The molecule has 0 radical (unpaired) electrons. The molecule has 6 heteroatoms. The average molecular weight is 238 g/mol. The van der Waals surface area contributed by atoms with Crippen LogP contribution in [0.25, 0.3) is 0 Å². The molecule has 0 amide bonds. The third kappa shape index (κ3) is 2.24. The van der Waals surface area contributed by atoms with E-state index in [0.717, 1.165) is 12.2 Å². The van der Waals surface area contributed by atoms with Crippen molar-refractivity contribution in [3.8, 4) is 0 Å². The van der Waals surface area contributed by atoms with E-state index in [4.69, 9.17) is 0 Å². The van der Waals surface area contributed by atoms with Gasteiger partial charge >= 0.3 is 6.18 Å². The molecule has 1 fully saturated rings. The molecule has 1 N–H and O–H groups in total. The Kier molecular flexibility index (Phi) is 2.65. The first-order chi connectivity index (χ1) is 6.93. The van der Waals surface area contributed by atoms with E-state index in [2.05, 4.69) is 10.3 Å². The van der Waals surface area contributed by atoms with E-state index < -0.39 is 11.7 Å². The highest BCUT2D eigenvalue weighted by molar-refractivity contribution is 8.13. The van der Waals surface area contributed by atoms with E-state index >= 15 is 0 Å². The molecule has 2 nitrogen and oxygen atoms in total. The van der Waals surface area contributed by atoms with Gasteiger partial charge in [0.15, 0.2) is 5.17 Å². The van der Waals surface area contributed by atoms with E-state index in [9.17, 15) is 13.2 Å². The molecule has 1 unspecified atom stereocenters. The highest BCUT2D eigenvalue weighted by Crippen LogP contribution is 2.49. The fraction of sp³-hybridized carbons (Fsp3) is 0.889. The Morgan fingerprint density at radius 2 is 2.13 bits per heavy atom. The van der Waals surface area contributed by atoms with Gasteiger partial charge in [-0.3, -0.25) is 4.99 Å². The molecule has 0 aromatic carbocycles. The van der Waals surface area contributed by atoms with E-state index in [1.165, 1.54) is 11.8 Å². The summed E-state index contributed by atoms with van der Waals surface area (Å²) >= 11 is 1.39. The smallest absolute Gasteiger partial charge is 0.351 e. The van der Waals surface area contributed by atoms with Crippen molar-refractivity contribution in [1.82, 2.24) is 5.32 Å². The summed E-state index contributed by atoms with van der Waals surface area (Å²) in [4.78, 5) is 4.19. The van der Waals surface area contributed by atoms with Gasteiger partial charge in [-0.2, -0.15) is 13.2 Å². The number of rotatable bonds is 1. The van der Waals surface area contributed by atoms with Crippen LogP contribution in [-0.2, 0) is 0 Å². The zero-order chi connectivity index (χ0) is 11.1. The van der Waals surface area contributed by atoms with Crippen LogP contribution >= 0.6 is 11.8 Å². The Morgan fingerprint density at radius 3 is 2.60 bits per heavy atom. The van der Waals surface area contributed by atoms with Crippen LogP contribution in [0.15, 0.2) is 4.99 Å². The molecular weight excluding hydrogens is 225 g/mol. The summed E-state index contributed by atoms with van der Waals surface area (Å²) in [5, 5.41) is 3.03. The third-order valence-corrected chi connectivity index (χ3v) is 3.67. The number of amidine groups is 1. The molecule has 2 rings (SSSR count). The minimum atomic E-state index is -4.16. The molecule has 86 valence electrons. The predicted octanol–water partition coefficient (Wildman–Crippen LogP) is 2.55. The number of hydrogen-bond donors (Lipinski definition) is 1. The number of thioether (sulfide) groups is 1. The summed E-state index contributed by atoms with van der Waals surface area (Å²) in [6.07, 6.45) is -2.87. The fourth-order valence-electron chi connectivity index (χ4n) is 1.51. The maximum absolute atomic E-state index is 12.6. The Bertz CT molecular complexity index is 284. The standard InChI is InChI=1S/C9H13F3N2S/c1-6-2-5-15-7(13-6)14-8(3-4-8)9(10,11)12/h6H,2-5H2,1H3,(H,13,14). The Balaban J connectivity index is 2.03. The molecule has 1 heterocycles. The van der Waals surface area contributed by atoms with Gasteiger partial charge in [0, 0.05) is 5.75 Å². The van der Waals surface area contributed by atoms with Crippen molar-refractivity contribution < 1.29 is 13.2 Å². The number of nitrogens with one attached hydrogen (secondary N) is 1. The van der Waals surface area contributed by atoms with Crippen LogP contribution in [0.5, 0.6) is 0 Å². The van der Waals surface area contributed by atoms with E-state index in [0.29, 0.717) is 5.17 Å². The van der Waals surface area contributed by atoms with Gasteiger partial charge in [-0.1, -0.05) is 11.8 Å². The monoisotopic (exact) mass is 238 g/mol. The van der Waals surface area contributed by atoms with E-state index in [1.54, 1.807) is 0 Å². The largest absolute Gasteiger partial charge is 0.411 e. The average Bonchev–Trinajstić information content (AvgIpc) is 2.84. The first kappa shape index (κ1) is 11.1. The summed E-state index contributed by atoms with van der Waals surface area (Å²) in [5.41, 5.74) is -1.67. The van der Waals surface area contributed by atoms with Crippen LogP contribution in [0.2, 0.25) is 0 Å². The van der Waals surface area contributed by atoms with Gasteiger partial charge in [0.25, 0.3) is 0 Å². The van der Waals surface area contributed by atoms with Gasteiger partial charge < -0.3 is 5.32 Å². The molecule has 0 aromatic heterocycles. The summed E-state index contributed by atoms with van der Waals surface area (Å²) in [7, 11) is 0. The maximum atomic E-state index is 12.6. The van der Waals surface area contributed by atoms with Crippen LogP contribution in [-0.4, -0.2) is 28.7 Å². The van der Waals surface area contributed by atoms with Crippen molar-refractivity contribution in [1.29, 1.82) is 0 Å². The molecule has 1 atom stereocenters. The van der Waals surface area contributed by atoms with Crippen molar-refractivity contribution in [3.63, 3.8) is 0 Å². The molecule has 1 saturated carbocycles. The third-order valence-electron chi connectivity index (χ3n) is 2.75. The van der Waals surface area contributed by atoms with Crippen molar-refractivity contribution in [2.45, 2.75) is 43.9 Å². The molecule has 1 aliphatic carbocycles. The minimum absolute atomic E-state index is 0.137. The summed E-state index contributed by atoms with van der Waals surface area (Å²) in [6.45, 7) is 1.93. The van der Waals surface area contributed by atoms with Gasteiger partial charge in [0.05, 0.1) is 6.04 Å². The second kappa shape index (κ2) is 3.57. The molecule has 0 saturated heterocycles. The van der Waals surface area contributed by atoms with Crippen LogP contribution < -0.4 is 5.32 Å². The summed E-state index contributed by atoms with van der Waals surface area (Å²) in [6, 6.07) is 0.137. The highest BCUT2D eigenvalue weighted by atomic mass is 32.2. The Labute approximate surface area is 90.7 Å². The molecule has 0 bridgehead atoms. The quantitative estimate of drug-likeness (QED) is 0.759. The molecule has 2 aliphatic rings. The van der Waals surface area contributed by atoms with E-state index in [1.807, 2.05) is 6.92 Å². The van der Waals surface area contributed by atoms with Gasteiger partial charge in [-0.05, 0) is 26.2 Å². The van der Waals surface area contributed by atoms with Gasteiger partial charge in [0.2, 0.25) is 0 Å². The van der Waals surface area contributed by atoms with Crippen LogP contribution in [0.1, 0.15) is 26.2 Å². The van der Waals surface area contributed by atoms with Crippen LogP contribution in [0.3, 0.4) is 0 Å². The van der Waals surface area contributed by atoms with Gasteiger partial charge in [0.1, 0.15) is 5.54 Å². The lowest BCUT2D eigenvalue weighted by atomic mass is 10.2. The van der Waals surface area contributed by atoms with Crippen LogP contribution in [0, 0.1) is 0 Å². The lowest BCUT2D eigenvalue weighted by Crippen LogP contribution is -2.47. The molecule has 0 spiro atoms. The second-order valence-corrected chi connectivity index (χ2v) is 5.21. The lowest BCUT2D eigenvalue weighted by Gasteiger charge is -2.25. The molecule has 0 aromatic rings. The van der Waals surface area contributed by atoms with Crippen LogP contribution in [0.4, 0.5) is 13.2 Å². The normalized spacial score (nSPS) is 29.6. The Morgan fingerprint density at radius 1 is 1.47 bits per heavy atom. The minimum Gasteiger partial charge on any atom is -0.351 e. The fourth-order valence-corrected chi connectivity index (χ4v) is 2.68. The van der Waals surface area contributed by atoms with E-state index in [-0.39, 0.29) is 18.9 Å². The topological polar surface area (TPSA) is 24.4 Å². The number of alkyl halides is 3. The predicted molar refractivity (Wildman–Crippen MR) is 55.1 cm³/mol. The van der Waals surface area contributed by atoms with Crippen molar-refractivity contribution in [2.75, 3.05) is 5.75 Å². The molecule has 1 aliphatic heterocycles. The molecule has 15 heavy (non-hydrogen) atoms. The first-order valence-corrected chi connectivity index (χ1v) is 5.97. The number of hydrogen-bond acceptors (Lipinski definition) is 3. The van der Waals surface area contributed by atoms with Gasteiger partial charge in [-0.15, -0.1) is 0 Å². The second-order valence-electron chi connectivity index (χ2n) is 4.13. The zero-order valence-electron chi connectivity index (χ0n) is 8.40. The van der Waals surface area contributed by atoms with Crippen molar-refractivity contribution in [2.24, 2.45) is 4.99 Å². The number of nitrogens with zero attached hydrogens (tertiary/aromatic N) is 1. The number of halogens is 3. The first-order valence-electron chi connectivity index (χ1n) is 4.98. The number of aliphatic imine (C=N–C) groups is 1. The molecular formula is C9H13F3N2S. The van der Waals surface area contributed by atoms with Crippen molar-refractivity contribution >= 4 is 16.9 Å². The SMILES string of the molecule is CC1CCSC(NC2(C(F)(F)F)CC2)=N1. The highest BCUT2D eigenvalue weighted by Gasteiger charge is 2.64. The van der Waals surface area contributed by atoms with Crippen molar-refractivity contribution in [3.05, 3.63) is 0 Å². The zero-order valence-corrected chi connectivity index (χ0v) is 9.21. The summed E-state index contributed by atoms with van der Waals surface area (Å²) in [5.74, 6) is 0.848. The lowest BCUT2D eigenvalue weighted by molar-refractivity contribution is -0.161. The van der Waals surface area contributed by atoms with Gasteiger partial charge in [-0.25, -0.2) is 0 Å². The maximum Gasteiger partial charge on any atom is 0.411 e.